The Balaban J connectivity index is 2.31. The van der Waals surface area contributed by atoms with Gasteiger partial charge in [-0.2, -0.15) is 0 Å². The third-order valence-electron chi connectivity index (χ3n) is 3.35. The van der Waals surface area contributed by atoms with Crippen molar-refractivity contribution in [1.29, 1.82) is 0 Å². The summed E-state index contributed by atoms with van der Waals surface area (Å²) in [6, 6.07) is 3.31. The average molecular weight is 285 g/mol. The zero-order chi connectivity index (χ0) is 14.0. The standard InChI is InChI=1S/C13H19NO4S/c1-3-9(2)19(15,16)8-10-6-12-13(7-11(10)14)18-5-4-17-12/h6-7,9H,3-5,8,14H2,1-2H3. The lowest BCUT2D eigenvalue weighted by atomic mass is 10.2. The fraction of sp³-hybridized carbons (Fsp3) is 0.538. The van der Waals surface area contributed by atoms with Crippen molar-refractivity contribution in [3.8, 4) is 11.5 Å². The highest BCUT2D eigenvalue weighted by atomic mass is 32.2. The largest absolute Gasteiger partial charge is 0.486 e. The van der Waals surface area contributed by atoms with Crippen molar-refractivity contribution < 1.29 is 17.9 Å². The minimum absolute atomic E-state index is 0.0650. The number of nitrogens with two attached hydrogens (primary N) is 1. The second kappa shape index (κ2) is 5.28. The molecule has 1 aromatic carbocycles. The summed E-state index contributed by atoms with van der Waals surface area (Å²) < 4.78 is 35.1. The van der Waals surface area contributed by atoms with Crippen LogP contribution in [0.25, 0.3) is 0 Å². The van der Waals surface area contributed by atoms with E-state index in [0.29, 0.717) is 42.4 Å². The predicted octanol–water partition coefficient (Wildman–Crippen LogP) is 1.75. The Kier molecular flexibility index (Phi) is 3.89. The highest BCUT2D eigenvalue weighted by Gasteiger charge is 2.23. The number of benzene rings is 1. The first-order chi connectivity index (χ1) is 8.94. The van der Waals surface area contributed by atoms with Gasteiger partial charge in [0.2, 0.25) is 0 Å². The lowest BCUT2D eigenvalue weighted by Crippen LogP contribution is -2.20. The molecule has 5 nitrogen and oxygen atoms in total. The van der Waals surface area contributed by atoms with Crippen molar-refractivity contribution in [3.05, 3.63) is 17.7 Å². The van der Waals surface area contributed by atoms with Crippen molar-refractivity contribution in [2.75, 3.05) is 18.9 Å². The fourth-order valence-corrected chi connectivity index (χ4v) is 3.36. The second-order valence-electron chi connectivity index (χ2n) is 4.72. The zero-order valence-electron chi connectivity index (χ0n) is 11.2. The zero-order valence-corrected chi connectivity index (χ0v) is 12.0. The Morgan fingerprint density at radius 1 is 1.26 bits per heavy atom. The van der Waals surface area contributed by atoms with E-state index in [1.807, 2.05) is 6.92 Å². The van der Waals surface area contributed by atoms with Crippen LogP contribution in [0.1, 0.15) is 25.8 Å². The summed E-state index contributed by atoms with van der Waals surface area (Å²) in [6.07, 6.45) is 0.590. The molecule has 1 aliphatic heterocycles. The van der Waals surface area contributed by atoms with Crippen LogP contribution in [0.15, 0.2) is 12.1 Å². The first-order valence-electron chi connectivity index (χ1n) is 6.33. The Morgan fingerprint density at radius 2 is 1.84 bits per heavy atom. The quantitative estimate of drug-likeness (QED) is 0.853. The average Bonchev–Trinajstić information content (AvgIpc) is 2.38. The number of fused-ring (bicyclic) bond motifs is 1. The minimum Gasteiger partial charge on any atom is -0.486 e. The molecule has 106 valence electrons. The predicted molar refractivity (Wildman–Crippen MR) is 74.2 cm³/mol. The Bertz CT molecular complexity index is 568. The molecule has 0 bridgehead atoms. The molecule has 19 heavy (non-hydrogen) atoms. The third-order valence-corrected chi connectivity index (χ3v) is 5.62. The minimum atomic E-state index is -3.19. The molecule has 0 amide bonds. The number of hydrogen-bond acceptors (Lipinski definition) is 5. The number of rotatable bonds is 4. The molecule has 0 saturated carbocycles. The van der Waals surface area contributed by atoms with Crippen LogP contribution in [0.3, 0.4) is 0 Å². The highest BCUT2D eigenvalue weighted by Crippen LogP contribution is 2.35. The van der Waals surface area contributed by atoms with Crippen molar-refractivity contribution in [1.82, 2.24) is 0 Å². The maximum Gasteiger partial charge on any atom is 0.163 e. The van der Waals surface area contributed by atoms with Crippen LogP contribution >= 0.6 is 0 Å². The molecule has 1 unspecified atom stereocenters. The van der Waals surface area contributed by atoms with Gasteiger partial charge in [0.15, 0.2) is 21.3 Å². The molecule has 0 saturated heterocycles. The molecule has 0 aromatic heterocycles. The number of nitrogen functional groups attached to an aromatic ring is 1. The molecule has 1 heterocycles. The van der Waals surface area contributed by atoms with E-state index in [2.05, 4.69) is 0 Å². The van der Waals surface area contributed by atoms with Crippen LogP contribution in [-0.4, -0.2) is 26.9 Å². The highest BCUT2D eigenvalue weighted by molar-refractivity contribution is 7.91. The van der Waals surface area contributed by atoms with E-state index in [1.54, 1.807) is 19.1 Å². The van der Waals surface area contributed by atoms with Gasteiger partial charge >= 0.3 is 0 Å². The Morgan fingerprint density at radius 3 is 2.42 bits per heavy atom. The van der Waals surface area contributed by atoms with Crippen LogP contribution in [-0.2, 0) is 15.6 Å². The van der Waals surface area contributed by atoms with E-state index >= 15 is 0 Å². The summed E-state index contributed by atoms with van der Waals surface area (Å²) in [6.45, 7) is 4.52. The summed E-state index contributed by atoms with van der Waals surface area (Å²) in [5, 5.41) is -0.375. The summed E-state index contributed by atoms with van der Waals surface area (Å²) in [7, 11) is -3.19. The molecular weight excluding hydrogens is 266 g/mol. The maximum absolute atomic E-state index is 12.1. The van der Waals surface area contributed by atoms with E-state index in [9.17, 15) is 8.42 Å². The Labute approximate surface area is 113 Å². The topological polar surface area (TPSA) is 78.6 Å². The number of sulfone groups is 1. The van der Waals surface area contributed by atoms with Gasteiger partial charge in [-0.15, -0.1) is 0 Å². The Hall–Kier alpha value is -1.43. The van der Waals surface area contributed by atoms with E-state index in [1.165, 1.54) is 0 Å². The second-order valence-corrected chi connectivity index (χ2v) is 7.14. The van der Waals surface area contributed by atoms with E-state index in [0.717, 1.165) is 0 Å². The molecule has 2 N–H and O–H groups in total. The van der Waals surface area contributed by atoms with Crippen LogP contribution in [0.4, 0.5) is 5.69 Å². The van der Waals surface area contributed by atoms with Gasteiger partial charge in [-0.1, -0.05) is 6.92 Å². The smallest absolute Gasteiger partial charge is 0.163 e. The molecule has 1 atom stereocenters. The van der Waals surface area contributed by atoms with Crippen LogP contribution < -0.4 is 15.2 Å². The van der Waals surface area contributed by atoms with Crippen LogP contribution in [0.2, 0.25) is 0 Å². The molecule has 6 heteroatoms. The van der Waals surface area contributed by atoms with Gasteiger partial charge in [0.05, 0.1) is 11.0 Å². The van der Waals surface area contributed by atoms with Crippen molar-refractivity contribution in [2.24, 2.45) is 0 Å². The van der Waals surface area contributed by atoms with E-state index in [4.69, 9.17) is 15.2 Å². The van der Waals surface area contributed by atoms with Gasteiger partial charge in [0, 0.05) is 11.8 Å². The van der Waals surface area contributed by atoms with E-state index < -0.39 is 9.84 Å². The third kappa shape index (κ3) is 2.94. The van der Waals surface area contributed by atoms with Crippen molar-refractivity contribution in [2.45, 2.75) is 31.3 Å². The number of ether oxygens (including phenoxy) is 2. The summed E-state index contributed by atoms with van der Waals surface area (Å²) in [5.74, 6) is 1.08. The first kappa shape index (κ1) is 14.0. The SMILES string of the molecule is CCC(C)S(=O)(=O)Cc1cc2c(cc1N)OCCO2. The monoisotopic (exact) mass is 285 g/mol. The molecule has 0 spiro atoms. The van der Waals surface area contributed by atoms with Crippen LogP contribution in [0.5, 0.6) is 11.5 Å². The maximum atomic E-state index is 12.1. The molecule has 0 radical (unpaired) electrons. The van der Waals surface area contributed by atoms with Crippen molar-refractivity contribution >= 4 is 15.5 Å². The number of hydrogen-bond donors (Lipinski definition) is 1. The van der Waals surface area contributed by atoms with Crippen molar-refractivity contribution in [3.63, 3.8) is 0 Å². The van der Waals surface area contributed by atoms with Gasteiger partial charge in [-0.3, -0.25) is 0 Å². The lowest BCUT2D eigenvalue weighted by Gasteiger charge is -2.20. The molecule has 2 rings (SSSR count). The molecule has 0 aliphatic carbocycles. The lowest BCUT2D eigenvalue weighted by molar-refractivity contribution is 0.171. The molecule has 1 aromatic rings. The first-order valence-corrected chi connectivity index (χ1v) is 8.05. The summed E-state index contributed by atoms with van der Waals surface area (Å²) >= 11 is 0. The fourth-order valence-electron chi connectivity index (χ4n) is 1.88. The van der Waals surface area contributed by atoms with Gasteiger partial charge < -0.3 is 15.2 Å². The molecule has 0 fully saturated rings. The van der Waals surface area contributed by atoms with Gasteiger partial charge in [-0.05, 0) is 25.0 Å². The van der Waals surface area contributed by atoms with Gasteiger partial charge in [-0.25, -0.2) is 8.42 Å². The van der Waals surface area contributed by atoms with Gasteiger partial charge in [0.1, 0.15) is 13.2 Å². The summed E-state index contributed by atoms with van der Waals surface area (Å²) in [5.41, 5.74) is 6.89. The normalized spacial score (nSPS) is 16.1. The molecular formula is C13H19NO4S. The van der Waals surface area contributed by atoms with E-state index in [-0.39, 0.29) is 11.0 Å². The van der Waals surface area contributed by atoms with Gasteiger partial charge in [0.25, 0.3) is 0 Å². The van der Waals surface area contributed by atoms with Crippen LogP contribution in [0, 0.1) is 0 Å². The molecule has 1 aliphatic rings. The number of anilines is 1. The summed E-state index contributed by atoms with van der Waals surface area (Å²) in [4.78, 5) is 0.